The van der Waals surface area contributed by atoms with Gasteiger partial charge in [0, 0.05) is 24.0 Å². The Morgan fingerprint density at radius 1 is 1.11 bits per heavy atom. The Bertz CT molecular complexity index is 722. The zero-order chi connectivity index (χ0) is 13.2. The molecular weight excluding hydrogens is 234 g/mol. The summed E-state index contributed by atoms with van der Waals surface area (Å²) in [7, 11) is 0. The lowest BCUT2D eigenvalue weighted by Crippen LogP contribution is -2.13. The Hall–Kier alpha value is -2.26. The molecule has 2 heterocycles. The van der Waals surface area contributed by atoms with Crippen molar-refractivity contribution in [3.05, 3.63) is 71.7 Å². The summed E-state index contributed by atoms with van der Waals surface area (Å²) >= 11 is 0. The average Bonchev–Trinajstić information content (AvgIpc) is 2.46. The highest BCUT2D eigenvalue weighted by molar-refractivity contribution is 5.79. The number of aromatic nitrogens is 2. The molecule has 3 nitrogen and oxygen atoms in total. The van der Waals surface area contributed by atoms with Crippen LogP contribution in [0.1, 0.15) is 22.7 Å². The first kappa shape index (κ1) is 11.8. The van der Waals surface area contributed by atoms with Crippen LogP contribution in [0.5, 0.6) is 0 Å². The first-order valence-electron chi connectivity index (χ1n) is 6.26. The molecule has 0 saturated heterocycles. The first-order chi connectivity index (χ1) is 9.25. The SMILES string of the molecule is Cc1cnccc1C(N)c1ccc2cccnc2c1. The van der Waals surface area contributed by atoms with Gasteiger partial charge in [0.1, 0.15) is 0 Å². The number of aryl methyl sites for hydroxylation is 1. The zero-order valence-corrected chi connectivity index (χ0v) is 10.7. The normalized spacial score (nSPS) is 12.5. The predicted molar refractivity (Wildman–Crippen MR) is 76.7 cm³/mol. The molecule has 3 rings (SSSR count). The summed E-state index contributed by atoms with van der Waals surface area (Å²) in [5.74, 6) is 0. The van der Waals surface area contributed by atoms with Gasteiger partial charge in [-0.3, -0.25) is 9.97 Å². The van der Waals surface area contributed by atoms with E-state index in [2.05, 4.69) is 34.2 Å². The molecule has 94 valence electrons. The van der Waals surface area contributed by atoms with Crippen LogP contribution >= 0.6 is 0 Å². The Morgan fingerprint density at radius 3 is 2.84 bits per heavy atom. The second kappa shape index (κ2) is 4.78. The molecule has 0 aliphatic rings. The highest BCUT2D eigenvalue weighted by Crippen LogP contribution is 2.24. The van der Waals surface area contributed by atoms with Crippen molar-refractivity contribution in [1.82, 2.24) is 9.97 Å². The highest BCUT2D eigenvalue weighted by atomic mass is 14.7. The number of hydrogen-bond donors (Lipinski definition) is 1. The Morgan fingerprint density at radius 2 is 2.00 bits per heavy atom. The second-order valence-corrected chi connectivity index (χ2v) is 4.67. The maximum Gasteiger partial charge on any atom is 0.0705 e. The minimum absolute atomic E-state index is 0.144. The number of fused-ring (bicyclic) bond motifs is 1. The molecule has 0 amide bonds. The highest BCUT2D eigenvalue weighted by Gasteiger charge is 2.11. The van der Waals surface area contributed by atoms with E-state index >= 15 is 0 Å². The smallest absolute Gasteiger partial charge is 0.0705 e. The van der Waals surface area contributed by atoms with Crippen molar-refractivity contribution in [2.24, 2.45) is 5.73 Å². The van der Waals surface area contributed by atoms with Crippen molar-refractivity contribution in [1.29, 1.82) is 0 Å². The largest absolute Gasteiger partial charge is 0.320 e. The van der Waals surface area contributed by atoms with Crippen LogP contribution in [-0.2, 0) is 0 Å². The van der Waals surface area contributed by atoms with Crippen molar-refractivity contribution < 1.29 is 0 Å². The minimum atomic E-state index is -0.144. The summed E-state index contributed by atoms with van der Waals surface area (Å²) in [6, 6.07) is 12.0. The average molecular weight is 249 g/mol. The maximum absolute atomic E-state index is 6.35. The predicted octanol–water partition coefficient (Wildman–Crippen LogP) is 2.99. The second-order valence-electron chi connectivity index (χ2n) is 4.67. The molecule has 1 atom stereocenters. The molecule has 0 saturated carbocycles. The number of pyridine rings is 2. The van der Waals surface area contributed by atoms with Crippen molar-refractivity contribution in [3.8, 4) is 0 Å². The quantitative estimate of drug-likeness (QED) is 0.759. The molecular formula is C16H15N3. The molecule has 2 aromatic heterocycles. The maximum atomic E-state index is 6.35. The van der Waals surface area contributed by atoms with E-state index in [0.29, 0.717) is 0 Å². The van der Waals surface area contributed by atoms with E-state index in [9.17, 15) is 0 Å². The summed E-state index contributed by atoms with van der Waals surface area (Å²) in [6.45, 7) is 2.03. The van der Waals surface area contributed by atoms with E-state index in [1.165, 1.54) is 0 Å². The van der Waals surface area contributed by atoms with Crippen molar-refractivity contribution in [2.45, 2.75) is 13.0 Å². The fourth-order valence-corrected chi connectivity index (χ4v) is 2.29. The van der Waals surface area contributed by atoms with Crippen LogP contribution in [0.2, 0.25) is 0 Å². The first-order valence-corrected chi connectivity index (χ1v) is 6.26. The van der Waals surface area contributed by atoms with Crippen LogP contribution in [0.25, 0.3) is 10.9 Å². The Balaban J connectivity index is 2.07. The molecule has 0 radical (unpaired) electrons. The molecule has 0 aliphatic heterocycles. The fourth-order valence-electron chi connectivity index (χ4n) is 2.29. The summed E-state index contributed by atoms with van der Waals surface area (Å²) in [6.07, 6.45) is 5.42. The Kier molecular flexibility index (Phi) is 2.97. The topological polar surface area (TPSA) is 51.8 Å². The third-order valence-electron chi connectivity index (χ3n) is 3.39. The van der Waals surface area contributed by atoms with Gasteiger partial charge in [-0.25, -0.2) is 0 Å². The lowest BCUT2D eigenvalue weighted by molar-refractivity contribution is 0.858. The number of benzene rings is 1. The van der Waals surface area contributed by atoms with E-state index < -0.39 is 0 Å². The number of nitrogens with two attached hydrogens (primary N) is 1. The van der Waals surface area contributed by atoms with Gasteiger partial charge in [-0.15, -0.1) is 0 Å². The van der Waals surface area contributed by atoms with Gasteiger partial charge in [-0.05, 0) is 41.8 Å². The molecule has 0 aliphatic carbocycles. The summed E-state index contributed by atoms with van der Waals surface area (Å²) < 4.78 is 0. The summed E-state index contributed by atoms with van der Waals surface area (Å²) in [5.41, 5.74) is 10.6. The van der Waals surface area contributed by atoms with Gasteiger partial charge in [0.05, 0.1) is 11.6 Å². The summed E-state index contributed by atoms with van der Waals surface area (Å²) in [5, 5.41) is 1.13. The molecule has 1 aromatic carbocycles. The number of nitrogens with zero attached hydrogens (tertiary/aromatic N) is 2. The molecule has 1 unspecified atom stereocenters. The van der Waals surface area contributed by atoms with Crippen molar-refractivity contribution in [2.75, 3.05) is 0 Å². The number of rotatable bonds is 2. The minimum Gasteiger partial charge on any atom is -0.320 e. The lowest BCUT2D eigenvalue weighted by atomic mass is 9.96. The zero-order valence-electron chi connectivity index (χ0n) is 10.7. The van der Waals surface area contributed by atoms with Crippen LogP contribution < -0.4 is 5.73 Å². The van der Waals surface area contributed by atoms with Crippen LogP contribution in [-0.4, -0.2) is 9.97 Å². The molecule has 3 aromatic rings. The fraction of sp³-hybridized carbons (Fsp3) is 0.125. The van der Waals surface area contributed by atoms with Gasteiger partial charge >= 0.3 is 0 Å². The van der Waals surface area contributed by atoms with E-state index in [0.717, 1.165) is 27.6 Å². The molecule has 0 spiro atoms. The lowest BCUT2D eigenvalue weighted by Gasteiger charge is -2.15. The third-order valence-corrected chi connectivity index (χ3v) is 3.39. The third kappa shape index (κ3) is 2.20. The number of hydrogen-bond acceptors (Lipinski definition) is 3. The van der Waals surface area contributed by atoms with Gasteiger partial charge in [0.2, 0.25) is 0 Å². The molecule has 0 fully saturated rings. The van der Waals surface area contributed by atoms with Crippen molar-refractivity contribution in [3.63, 3.8) is 0 Å². The monoisotopic (exact) mass is 249 g/mol. The van der Waals surface area contributed by atoms with Gasteiger partial charge in [-0.2, -0.15) is 0 Å². The standard InChI is InChI=1S/C16H15N3/c1-11-10-18-8-6-14(11)16(17)13-5-4-12-3-2-7-19-15(12)9-13/h2-10,16H,17H2,1H3. The molecule has 2 N–H and O–H groups in total. The Labute approximate surface area is 112 Å². The molecule has 3 heteroatoms. The van der Waals surface area contributed by atoms with E-state index in [-0.39, 0.29) is 6.04 Å². The van der Waals surface area contributed by atoms with Gasteiger partial charge in [0.15, 0.2) is 0 Å². The van der Waals surface area contributed by atoms with Crippen LogP contribution in [0.4, 0.5) is 0 Å². The van der Waals surface area contributed by atoms with Crippen LogP contribution in [0.15, 0.2) is 55.0 Å². The van der Waals surface area contributed by atoms with Gasteiger partial charge < -0.3 is 5.73 Å². The van der Waals surface area contributed by atoms with Crippen LogP contribution in [0, 0.1) is 6.92 Å². The van der Waals surface area contributed by atoms with Crippen LogP contribution in [0.3, 0.4) is 0 Å². The molecule has 0 bridgehead atoms. The van der Waals surface area contributed by atoms with E-state index in [4.69, 9.17) is 5.73 Å². The van der Waals surface area contributed by atoms with Gasteiger partial charge in [-0.1, -0.05) is 18.2 Å². The molecule has 19 heavy (non-hydrogen) atoms. The van der Waals surface area contributed by atoms with E-state index in [1.54, 1.807) is 12.4 Å². The van der Waals surface area contributed by atoms with Gasteiger partial charge in [0.25, 0.3) is 0 Å². The summed E-state index contributed by atoms with van der Waals surface area (Å²) in [4.78, 5) is 8.48. The van der Waals surface area contributed by atoms with Crippen molar-refractivity contribution >= 4 is 10.9 Å². The van der Waals surface area contributed by atoms with E-state index in [1.807, 2.05) is 25.3 Å².